The summed E-state index contributed by atoms with van der Waals surface area (Å²) in [6, 6.07) is 0. The van der Waals surface area contributed by atoms with Gasteiger partial charge in [-0.25, -0.2) is 0 Å². The quantitative estimate of drug-likeness (QED) is 0.476. The van der Waals surface area contributed by atoms with Crippen LogP contribution in [0.15, 0.2) is 12.2 Å². The Hall–Kier alpha value is -0.260. The fourth-order valence-electron chi connectivity index (χ4n) is 7.46. The lowest BCUT2D eigenvalue weighted by Crippen LogP contribution is -2.56. The second-order valence-electron chi connectivity index (χ2n) is 9.93. The zero-order valence-corrected chi connectivity index (χ0v) is 14.0. The van der Waals surface area contributed by atoms with Crippen molar-refractivity contribution in [2.24, 2.45) is 33.5 Å². The third-order valence-electron chi connectivity index (χ3n) is 8.22. The maximum atomic E-state index is 2.69. The summed E-state index contributed by atoms with van der Waals surface area (Å²) in [7, 11) is 0. The normalized spacial score (nSPS) is 56.2. The van der Waals surface area contributed by atoms with Gasteiger partial charge in [0.05, 0.1) is 0 Å². The first-order chi connectivity index (χ1) is 9.30. The third kappa shape index (κ3) is 1.54. The first kappa shape index (κ1) is 13.4. The second-order valence-corrected chi connectivity index (χ2v) is 9.93. The molecule has 112 valence electrons. The number of fused-ring (bicyclic) bond motifs is 3. The smallest absolute Gasteiger partial charge is 0.00762 e. The maximum Gasteiger partial charge on any atom is -0.00762 e. The number of hydrogen-bond donors (Lipinski definition) is 0. The van der Waals surface area contributed by atoms with Crippen molar-refractivity contribution in [3.05, 3.63) is 12.2 Å². The maximum absolute atomic E-state index is 2.69. The van der Waals surface area contributed by atoms with Crippen molar-refractivity contribution >= 4 is 0 Å². The van der Waals surface area contributed by atoms with Crippen LogP contribution in [0, 0.1) is 33.5 Å². The first-order valence-electron chi connectivity index (χ1n) is 9.00. The zero-order chi connectivity index (χ0) is 14.2. The summed E-state index contributed by atoms with van der Waals surface area (Å²) < 4.78 is 0. The van der Waals surface area contributed by atoms with E-state index >= 15 is 0 Å². The van der Waals surface area contributed by atoms with Gasteiger partial charge in [0.2, 0.25) is 0 Å². The molecule has 0 radical (unpaired) electrons. The fourth-order valence-corrected chi connectivity index (χ4v) is 7.46. The van der Waals surface area contributed by atoms with Gasteiger partial charge in [0.15, 0.2) is 0 Å². The van der Waals surface area contributed by atoms with E-state index in [1.165, 1.54) is 51.4 Å². The largest absolute Gasteiger partial charge is 0.0820 e. The summed E-state index contributed by atoms with van der Waals surface area (Å²) in [5.41, 5.74) is 2.34. The van der Waals surface area contributed by atoms with Crippen LogP contribution in [-0.4, -0.2) is 0 Å². The van der Waals surface area contributed by atoms with Crippen molar-refractivity contribution in [1.29, 1.82) is 0 Å². The molecule has 4 aliphatic carbocycles. The van der Waals surface area contributed by atoms with E-state index in [9.17, 15) is 0 Å². The van der Waals surface area contributed by atoms with Gasteiger partial charge in [0.25, 0.3) is 0 Å². The summed E-state index contributed by atoms with van der Waals surface area (Å²) in [6.45, 7) is 10.3. The molecule has 3 fully saturated rings. The van der Waals surface area contributed by atoms with E-state index in [4.69, 9.17) is 0 Å². The summed E-state index contributed by atoms with van der Waals surface area (Å²) in [5, 5.41) is 0. The molecule has 2 bridgehead atoms. The van der Waals surface area contributed by atoms with E-state index in [2.05, 4.69) is 39.8 Å². The van der Waals surface area contributed by atoms with Gasteiger partial charge in [-0.2, -0.15) is 0 Å². The Labute approximate surface area is 125 Å². The van der Waals surface area contributed by atoms with E-state index < -0.39 is 0 Å². The highest BCUT2D eigenvalue weighted by atomic mass is 14.7. The Kier molecular flexibility index (Phi) is 2.50. The molecular formula is C20H32. The average molecular weight is 272 g/mol. The molecule has 20 heavy (non-hydrogen) atoms. The molecule has 0 heterocycles. The van der Waals surface area contributed by atoms with E-state index in [-0.39, 0.29) is 0 Å². The Morgan fingerprint density at radius 3 is 2.35 bits per heavy atom. The van der Waals surface area contributed by atoms with Crippen LogP contribution in [-0.2, 0) is 0 Å². The van der Waals surface area contributed by atoms with E-state index in [0.717, 1.165) is 11.8 Å². The highest BCUT2D eigenvalue weighted by Gasteiger charge is 2.62. The lowest BCUT2D eigenvalue weighted by molar-refractivity contribution is -0.139. The molecule has 0 heteroatoms. The molecule has 3 unspecified atom stereocenters. The molecule has 0 saturated heterocycles. The van der Waals surface area contributed by atoms with Gasteiger partial charge in [-0.3, -0.25) is 0 Å². The van der Waals surface area contributed by atoms with Crippen LogP contribution < -0.4 is 0 Å². The molecule has 0 nitrogen and oxygen atoms in total. The van der Waals surface area contributed by atoms with Crippen molar-refractivity contribution < 1.29 is 0 Å². The fraction of sp³-hybridized carbons (Fsp3) is 0.900. The number of rotatable bonds is 0. The highest BCUT2D eigenvalue weighted by Crippen LogP contribution is 2.71. The Balaban J connectivity index is 1.75. The monoisotopic (exact) mass is 272 g/mol. The molecule has 0 aromatic rings. The predicted octanol–water partition coefficient (Wildman–Crippen LogP) is 5.98. The zero-order valence-electron chi connectivity index (χ0n) is 14.0. The second kappa shape index (κ2) is 3.73. The molecule has 4 rings (SSSR count). The van der Waals surface area contributed by atoms with Gasteiger partial charge in [-0.1, -0.05) is 46.3 Å². The average Bonchev–Trinajstić information content (AvgIpc) is 2.58. The molecule has 4 aliphatic rings. The Bertz CT molecular complexity index is 459. The van der Waals surface area contributed by atoms with Crippen molar-refractivity contribution in [1.82, 2.24) is 0 Å². The summed E-state index contributed by atoms with van der Waals surface area (Å²) >= 11 is 0. The standard InChI is InChI=1S/C20H32/c1-17(2)8-5-9-19(4)15(17)7-11-20-13-12-18(3,14-20)10-6-16(19)20/h12-13,15-16H,5-11,14H2,1-4H3/t15?,16?,18-,19?,20+/m1/s1. The van der Waals surface area contributed by atoms with Crippen LogP contribution >= 0.6 is 0 Å². The van der Waals surface area contributed by atoms with Crippen molar-refractivity contribution in [2.45, 2.75) is 79.1 Å². The van der Waals surface area contributed by atoms with Crippen LogP contribution in [0.5, 0.6) is 0 Å². The van der Waals surface area contributed by atoms with Crippen LogP contribution in [0.4, 0.5) is 0 Å². The number of hydrogen-bond acceptors (Lipinski definition) is 0. The molecular weight excluding hydrogens is 240 g/mol. The summed E-state index contributed by atoms with van der Waals surface area (Å²) in [4.78, 5) is 0. The van der Waals surface area contributed by atoms with Gasteiger partial charge in [0.1, 0.15) is 0 Å². The van der Waals surface area contributed by atoms with Crippen LogP contribution in [0.25, 0.3) is 0 Å². The highest BCUT2D eigenvalue weighted by molar-refractivity contribution is 5.25. The molecule has 0 aliphatic heterocycles. The minimum Gasteiger partial charge on any atom is -0.0820 e. The van der Waals surface area contributed by atoms with Crippen molar-refractivity contribution in [3.8, 4) is 0 Å². The SMILES string of the molecule is CC1(C)CCCC2(C)C1CC[C@@]13C=C[C@@](C)(CCC21)C3. The van der Waals surface area contributed by atoms with Gasteiger partial charge < -0.3 is 0 Å². The van der Waals surface area contributed by atoms with Crippen LogP contribution in [0.2, 0.25) is 0 Å². The van der Waals surface area contributed by atoms with E-state index in [1.807, 2.05) is 0 Å². The van der Waals surface area contributed by atoms with Gasteiger partial charge in [-0.15, -0.1) is 0 Å². The Morgan fingerprint density at radius 1 is 0.800 bits per heavy atom. The summed E-state index contributed by atoms with van der Waals surface area (Å²) in [6.07, 6.45) is 17.1. The predicted molar refractivity (Wildman–Crippen MR) is 85.5 cm³/mol. The molecule has 0 amide bonds. The summed E-state index contributed by atoms with van der Waals surface area (Å²) in [5.74, 6) is 1.94. The minimum absolute atomic E-state index is 0.546. The van der Waals surface area contributed by atoms with Crippen LogP contribution in [0.1, 0.15) is 79.1 Å². The molecule has 3 saturated carbocycles. The van der Waals surface area contributed by atoms with Gasteiger partial charge in [-0.05, 0) is 78.4 Å². The third-order valence-corrected chi connectivity index (χ3v) is 8.22. The number of allylic oxidation sites excluding steroid dienone is 2. The van der Waals surface area contributed by atoms with E-state index in [1.54, 1.807) is 0 Å². The van der Waals surface area contributed by atoms with Crippen molar-refractivity contribution in [3.63, 3.8) is 0 Å². The van der Waals surface area contributed by atoms with Crippen LogP contribution in [0.3, 0.4) is 0 Å². The first-order valence-corrected chi connectivity index (χ1v) is 9.00. The topological polar surface area (TPSA) is 0 Å². The molecule has 5 atom stereocenters. The Morgan fingerprint density at radius 2 is 1.55 bits per heavy atom. The molecule has 0 aromatic heterocycles. The minimum atomic E-state index is 0.546. The molecule has 0 aromatic carbocycles. The lowest BCUT2D eigenvalue weighted by atomic mass is 9.40. The lowest BCUT2D eigenvalue weighted by Gasteiger charge is -2.64. The van der Waals surface area contributed by atoms with Crippen molar-refractivity contribution in [2.75, 3.05) is 0 Å². The molecule has 1 spiro atoms. The van der Waals surface area contributed by atoms with Gasteiger partial charge in [0, 0.05) is 0 Å². The molecule has 0 N–H and O–H groups in total. The van der Waals surface area contributed by atoms with E-state index in [0.29, 0.717) is 21.7 Å². The van der Waals surface area contributed by atoms with Gasteiger partial charge >= 0.3 is 0 Å².